The van der Waals surface area contributed by atoms with Crippen molar-refractivity contribution >= 4 is 12.3 Å². The summed E-state index contributed by atoms with van der Waals surface area (Å²) in [5, 5.41) is 3.54. The number of ether oxygens (including phenoxy) is 1. The van der Waals surface area contributed by atoms with Gasteiger partial charge in [-0.25, -0.2) is 10.2 Å². The average Bonchev–Trinajstić information content (AvgIpc) is 2.57. The molecule has 0 atom stereocenters. The molecule has 1 heterocycles. The van der Waals surface area contributed by atoms with Crippen LogP contribution < -0.4 is 5.43 Å². The minimum Gasteiger partial charge on any atom is -0.463 e. The van der Waals surface area contributed by atoms with E-state index < -0.39 is 6.09 Å². The summed E-state index contributed by atoms with van der Waals surface area (Å²) < 4.78 is 9.18. The van der Waals surface area contributed by atoms with Crippen molar-refractivity contribution in [2.45, 2.75) is 0 Å². The van der Waals surface area contributed by atoms with Crippen molar-refractivity contribution in [3.05, 3.63) is 24.2 Å². The van der Waals surface area contributed by atoms with Crippen molar-refractivity contribution in [2.75, 3.05) is 7.11 Å². The van der Waals surface area contributed by atoms with E-state index in [0.717, 1.165) is 0 Å². The fraction of sp³-hybridized carbons (Fsp3) is 0.143. The number of rotatable bonds is 2. The zero-order chi connectivity index (χ0) is 8.81. The second-order valence-electron chi connectivity index (χ2n) is 1.88. The third-order valence-electron chi connectivity index (χ3n) is 1.08. The van der Waals surface area contributed by atoms with E-state index in [0.29, 0.717) is 5.76 Å². The lowest BCUT2D eigenvalue weighted by atomic mass is 10.5. The highest BCUT2D eigenvalue weighted by atomic mass is 16.5. The van der Waals surface area contributed by atoms with Crippen LogP contribution in [0.4, 0.5) is 4.79 Å². The Balaban J connectivity index is 2.37. The molecule has 1 aromatic rings. The Hall–Kier alpha value is -1.78. The van der Waals surface area contributed by atoms with Gasteiger partial charge in [-0.3, -0.25) is 0 Å². The molecule has 12 heavy (non-hydrogen) atoms. The molecule has 0 saturated carbocycles. The number of hydrazone groups is 1. The molecule has 0 saturated heterocycles. The van der Waals surface area contributed by atoms with E-state index in [4.69, 9.17) is 4.42 Å². The van der Waals surface area contributed by atoms with Gasteiger partial charge in [-0.1, -0.05) is 0 Å². The van der Waals surface area contributed by atoms with Crippen molar-refractivity contribution < 1.29 is 13.9 Å². The van der Waals surface area contributed by atoms with Gasteiger partial charge in [0, 0.05) is 0 Å². The van der Waals surface area contributed by atoms with Crippen molar-refractivity contribution in [3.8, 4) is 0 Å². The van der Waals surface area contributed by atoms with Gasteiger partial charge in [0.2, 0.25) is 0 Å². The summed E-state index contributed by atoms with van der Waals surface area (Å²) in [6.07, 6.45) is 2.27. The highest BCUT2D eigenvalue weighted by molar-refractivity contribution is 5.77. The van der Waals surface area contributed by atoms with Crippen molar-refractivity contribution in [2.24, 2.45) is 5.10 Å². The van der Waals surface area contributed by atoms with Gasteiger partial charge in [-0.2, -0.15) is 5.10 Å². The van der Waals surface area contributed by atoms with E-state index in [-0.39, 0.29) is 0 Å². The summed E-state index contributed by atoms with van der Waals surface area (Å²) in [4.78, 5) is 10.5. The van der Waals surface area contributed by atoms with Gasteiger partial charge >= 0.3 is 6.09 Å². The van der Waals surface area contributed by atoms with Crippen LogP contribution in [0.2, 0.25) is 0 Å². The third-order valence-corrected chi connectivity index (χ3v) is 1.08. The van der Waals surface area contributed by atoms with E-state index in [1.54, 1.807) is 12.1 Å². The molecular formula is C7H8N2O3. The molecule has 0 radical (unpaired) electrons. The van der Waals surface area contributed by atoms with Crippen molar-refractivity contribution in [3.63, 3.8) is 0 Å². The number of carbonyl (C=O) groups is 1. The number of hydrogen-bond acceptors (Lipinski definition) is 4. The van der Waals surface area contributed by atoms with Gasteiger partial charge in [-0.05, 0) is 12.1 Å². The van der Waals surface area contributed by atoms with Gasteiger partial charge in [0.25, 0.3) is 0 Å². The van der Waals surface area contributed by atoms with Gasteiger partial charge in [0.1, 0.15) is 5.76 Å². The zero-order valence-corrected chi connectivity index (χ0v) is 6.48. The Kier molecular flexibility index (Phi) is 2.89. The monoisotopic (exact) mass is 168 g/mol. The van der Waals surface area contributed by atoms with Crippen LogP contribution in [0.1, 0.15) is 5.76 Å². The van der Waals surface area contributed by atoms with Crippen LogP contribution in [0, 0.1) is 0 Å². The standard InChI is InChI=1S/C7H8N2O3/c1-11-7(10)9-8-5-6-3-2-4-12-6/h2-5H,1H3,(H,9,10)/b8-5-. The second-order valence-corrected chi connectivity index (χ2v) is 1.88. The molecule has 64 valence electrons. The Morgan fingerprint density at radius 3 is 3.25 bits per heavy atom. The molecule has 0 spiro atoms. The fourth-order valence-corrected chi connectivity index (χ4v) is 0.559. The third kappa shape index (κ3) is 2.45. The largest absolute Gasteiger partial charge is 0.463 e. The first-order valence-corrected chi connectivity index (χ1v) is 3.23. The van der Waals surface area contributed by atoms with Crippen molar-refractivity contribution in [1.29, 1.82) is 0 Å². The molecular weight excluding hydrogens is 160 g/mol. The second kappa shape index (κ2) is 4.17. The predicted octanol–water partition coefficient (Wildman–Crippen LogP) is 0.970. The van der Waals surface area contributed by atoms with Gasteiger partial charge in [0.15, 0.2) is 0 Å². The molecule has 0 aromatic carbocycles. The number of hydrogen-bond donors (Lipinski definition) is 1. The Bertz CT molecular complexity index is 266. The predicted molar refractivity (Wildman–Crippen MR) is 41.8 cm³/mol. The number of nitrogens with one attached hydrogen (secondary N) is 1. The molecule has 1 rings (SSSR count). The number of carbonyl (C=O) groups excluding carboxylic acids is 1. The summed E-state index contributed by atoms with van der Waals surface area (Å²) >= 11 is 0. The van der Waals surface area contributed by atoms with E-state index >= 15 is 0 Å². The summed E-state index contributed by atoms with van der Waals surface area (Å²) in [6.45, 7) is 0. The molecule has 0 aliphatic rings. The van der Waals surface area contributed by atoms with Crippen LogP contribution in [0.3, 0.4) is 0 Å². The molecule has 5 heteroatoms. The first-order chi connectivity index (χ1) is 5.83. The molecule has 1 N–H and O–H groups in total. The first-order valence-electron chi connectivity index (χ1n) is 3.23. The number of methoxy groups -OCH3 is 1. The molecule has 0 unspecified atom stereocenters. The smallest absolute Gasteiger partial charge is 0.427 e. The summed E-state index contributed by atoms with van der Waals surface area (Å²) in [5.74, 6) is 0.561. The molecule has 1 aromatic heterocycles. The van der Waals surface area contributed by atoms with Crippen LogP contribution in [0.25, 0.3) is 0 Å². The highest BCUT2D eigenvalue weighted by Crippen LogP contribution is 1.94. The van der Waals surface area contributed by atoms with Crippen LogP contribution in [-0.2, 0) is 4.74 Å². The quantitative estimate of drug-likeness (QED) is 0.528. The lowest BCUT2D eigenvalue weighted by molar-refractivity contribution is 0.171. The number of nitrogens with zero attached hydrogens (tertiary/aromatic N) is 1. The lowest BCUT2D eigenvalue weighted by Crippen LogP contribution is -2.16. The maximum absolute atomic E-state index is 10.5. The molecule has 0 bridgehead atoms. The Morgan fingerprint density at radius 2 is 2.67 bits per heavy atom. The normalized spacial score (nSPS) is 10.1. The highest BCUT2D eigenvalue weighted by Gasteiger charge is 1.93. The fourth-order valence-electron chi connectivity index (χ4n) is 0.559. The molecule has 0 aliphatic heterocycles. The summed E-state index contributed by atoms with van der Waals surface area (Å²) in [6, 6.07) is 3.43. The molecule has 1 amide bonds. The van der Waals surface area contributed by atoms with Crippen LogP contribution in [0.5, 0.6) is 0 Å². The van der Waals surface area contributed by atoms with Gasteiger partial charge in [-0.15, -0.1) is 0 Å². The lowest BCUT2D eigenvalue weighted by Gasteiger charge is -1.93. The maximum atomic E-state index is 10.5. The van der Waals surface area contributed by atoms with E-state index in [1.807, 2.05) is 0 Å². The molecule has 0 fully saturated rings. The van der Waals surface area contributed by atoms with Crippen LogP contribution in [-0.4, -0.2) is 19.4 Å². The van der Waals surface area contributed by atoms with Crippen LogP contribution >= 0.6 is 0 Å². The summed E-state index contributed by atoms with van der Waals surface area (Å²) in [5.41, 5.74) is 2.12. The van der Waals surface area contributed by atoms with E-state index in [1.165, 1.54) is 19.6 Å². The maximum Gasteiger partial charge on any atom is 0.427 e. The van der Waals surface area contributed by atoms with E-state index in [9.17, 15) is 4.79 Å². The first kappa shape index (κ1) is 8.32. The van der Waals surface area contributed by atoms with Gasteiger partial charge < -0.3 is 9.15 Å². The molecule has 0 aliphatic carbocycles. The minimum absolute atomic E-state index is 0.561. The Labute approximate surface area is 69.0 Å². The minimum atomic E-state index is -0.613. The Morgan fingerprint density at radius 1 is 1.83 bits per heavy atom. The average molecular weight is 168 g/mol. The van der Waals surface area contributed by atoms with E-state index in [2.05, 4.69) is 15.3 Å². The van der Waals surface area contributed by atoms with Gasteiger partial charge in [0.05, 0.1) is 19.6 Å². The SMILES string of the molecule is COC(=O)N/N=C\c1ccco1. The zero-order valence-electron chi connectivity index (χ0n) is 6.48. The van der Waals surface area contributed by atoms with Crippen molar-refractivity contribution in [1.82, 2.24) is 5.43 Å². The topological polar surface area (TPSA) is 63.8 Å². The van der Waals surface area contributed by atoms with Crippen LogP contribution in [0.15, 0.2) is 27.9 Å². The number of amides is 1. The summed E-state index contributed by atoms with van der Waals surface area (Å²) in [7, 11) is 1.26. The molecule has 5 nitrogen and oxygen atoms in total. The number of furan rings is 1.